The average Bonchev–Trinajstić information content (AvgIpc) is 3.07. The molecule has 3 rings (SSSR count). The van der Waals surface area contributed by atoms with E-state index in [4.69, 9.17) is 9.31 Å². The molecular weight excluding hydrogens is 241 g/mol. The molecule has 1 saturated carbocycles. The molecule has 1 N–H and O–H groups in total. The van der Waals surface area contributed by atoms with Crippen LogP contribution in [0.25, 0.3) is 0 Å². The number of nitrogens with zero attached hydrogens (tertiary/aromatic N) is 2. The maximum Gasteiger partial charge on any atom is 0.514 e. The Morgan fingerprint density at radius 1 is 1.16 bits per heavy atom. The summed E-state index contributed by atoms with van der Waals surface area (Å²) in [5.74, 6) is 0.849. The molecule has 0 unspecified atom stereocenters. The lowest BCUT2D eigenvalue weighted by Crippen LogP contribution is -2.41. The van der Waals surface area contributed by atoms with Crippen LogP contribution in [0.4, 0.5) is 5.82 Å². The maximum absolute atomic E-state index is 5.99. The van der Waals surface area contributed by atoms with Crippen LogP contribution < -0.4 is 10.9 Å². The topological polar surface area (TPSA) is 56.3 Å². The van der Waals surface area contributed by atoms with Gasteiger partial charge in [-0.1, -0.05) is 0 Å². The Hall–Kier alpha value is -1.14. The maximum atomic E-state index is 5.99. The Morgan fingerprint density at radius 3 is 2.37 bits per heavy atom. The molecule has 2 fully saturated rings. The second-order valence-electron chi connectivity index (χ2n) is 6.33. The first-order valence-electron chi connectivity index (χ1n) is 6.81. The molecule has 0 spiro atoms. The van der Waals surface area contributed by atoms with Crippen LogP contribution in [0.15, 0.2) is 12.4 Å². The first-order chi connectivity index (χ1) is 8.87. The van der Waals surface area contributed by atoms with Crippen molar-refractivity contribution >= 4 is 18.5 Å². The Bertz CT molecular complexity index is 473. The van der Waals surface area contributed by atoms with Gasteiger partial charge in [-0.25, -0.2) is 9.97 Å². The average molecular weight is 261 g/mol. The summed E-state index contributed by atoms with van der Waals surface area (Å²) >= 11 is 0. The molecule has 0 aromatic carbocycles. The first-order valence-corrected chi connectivity index (χ1v) is 6.81. The number of rotatable bonds is 3. The predicted octanol–water partition coefficient (Wildman–Crippen LogP) is 1.35. The first kappa shape index (κ1) is 12.9. The normalized spacial score (nSPS) is 24.5. The van der Waals surface area contributed by atoms with Crippen LogP contribution in [-0.4, -0.2) is 34.3 Å². The van der Waals surface area contributed by atoms with Gasteiger partial charge in [0.2, 0.25) is 0 Å². The van der Waals surface area contributed by atoms with Crippen LogP contribution in [0, 0.1) is 0 Å². The fourth-order valence-corrected chi connectivity index (χ4v) is 1.98. The van der Waals surface area contributed by atoms with Crippen molar-refractivity contribution < 1.29 is 9.31 Å². The Balaban J connectivity index is 1.79. The number of anilines is 1. The second kappa shape index (κ2) is 4.18. The van der Waals surface area contributed by atoms with Gasteiger partial charge < -0.3 is 14.6 Å². The largest absolute Gasteiger partial charge is 0.514 e. The molecule has 2 heterocycles. The van der Waals surface area contributed by atoms with E-state index in [2.05, 4.69) is 15.3 Å². The van der Waals surface area contributed by atoms with E-state index >= 15 is 0 Å². The summed E-state index contributed by atoms with van der Waals surface area (Å²) in [6, 6.07) is 2.49. The summed E-state index contributed by atoms with van der Waals surface area (Å²) in [6.07, 6.45) is 4.00. The monoisotopic (exact) mass is 261 g/mol. The van der Waals surface area contributed by atoms with Crippen molar-refractivity contribution in [2.75, 3.05) is 5.32 Å². The van der Waals surface area contributed by atoms with Crippen LogP contribution in [0.3, 0.4) is 0 Å². The minimum Gasteiger partial charge on any atom is -0.398 e. The Morgan fingerprint density at radius 2 is 1.79 bits per heavy atom. The van der Waals surface area contributed by atoms with Crippen molar-refractivity contribution in [3.63, 3.8) is 0 Å². The summed E-state index contributed by atoms with van der Waals surface area (Å²) in [5, 5.41) is 3.36. The molecule has 1 saturated heterocycles. The molecule has 6 heteroatoms. The van der Waals surface area contributed by atoms with Crippen molar-refractivity contribution in [2.45, 2.75) is 57.8 Å². The van der Waals surface area contributed by atoms with E-state index in [1.807, 2.05) is 33.8 Å². The van der Waals surface area contributed by atoms with Crippen molar-refractivity contribution in [3.8, 4) is 0 Å². The molecule has 1 aliphatic heterocycles. The van der Waals surface area contributed by atoms with Crippen LogP contribution in [0.1, 0.15) is 40.5 Å². The third kappa shape index (κ3) is 2.47. The van der Waals surface area contributed by atoms with Crippen molar-refractivity contribution in [1.82, 2.24) is 9.97 Å². The molecule has 102 valence electrons. The fraction of sp³-hybridized carbons (Fsp3) is 0.692. The lowest BCUT2D eigenvalue weighted by molar-refractivity contribution is 0.00578. The van der Waals surface area contributed by atoms with Crippen LogP contribution in [-0.2, 0) is 9.31 Å². The minimum absolute atomic E-state index is 0.341. The van der Waals surface area contributed by atoms with Gasteiger partial charge in [-0.15, -0.1) is 0 Å². The standard InChI is InChI=1S/C13H20BN3O2/c1-12(2)13(3,4)19-14(18-12)10-7-11(16-8-15-10)17-9-5-6-9/h7-9H,5-6H2,1-4H3,(H,15,16,17). The van der Waals surface area contributed by atoms with E-state index in [1.54, 1.807) is 6.33 Å². The summed E-state index contributed by atoms with van der Waals surface area (Å²) in [5.41, 5.74) is 0.0937. The van der Waals surface area contributed by atoms with Crippen molar-refractivity contribution in [3.05, 3.63) is 12.4 Å². The second-order valence-corrected chi connectivity index (χ2v) is 6.33. The zero-order valence-electron chi connectivity index (χ0n) is 11.9. The third-order valence-electron chi connectivity index (χ3n) is 4.11. The molecule has 19 heavy (non-hydrogen) atoms. The Labute approximate surface area is 114 Å². The summed E-state index contributed by atoms with van der Waals surface area (Å²) in [7, 11) is -0.423. The lowest BCUT2D eigenvalue weighted by Gasteiger charge is -2.32. The molecular formula is C13H20BN3O2. The number of hydrogen-bond acceptors (Lipinski definition) is 5. The predicted molar refractivity (Wildman–Crippen MR) is 74.4 cm³/mol. The quantitative estimate of drug-likeness (QED) is 0.832. The fourth-order valence-electron chi connectivity index (χ4n) is 1.98. The van der Waals surface area contributed by atoms with E-state index in [0.717, 1.165) is 11.4 Å². The van der Waals surface area contributed by atoms with Gasteiger partial charge in [-0.3, -0.25) is 0 Å². The van der Waals surface area contributed by atoms with E-state index < -0.39 is 7.12 Å². The molecule has 0 bridgehead atoms. The number of nitrogens with one attached hydrogen (secondary N) is 1. The van der Waals surface area contributed by atoms with Crippen LogP contribution >= 0.6 is 0 Å². The zero-order chi connectivity index (χ0) is 13.7. The van der Waals surface area contributed by atoms with Crippen molar-refractivity contribution in [2.24, 2.45) is 0 Å². The number of aromatic nitrogens is 2. The van der Waals surface area contributed by atoms with Gasteiger partial charge in [0.25, 0.3) is 0 Å². The van der Waals surface area contributed by atoms with E-state index in [9.17, 15) is 0 Å². The van der Waals surface area contributed by atoms with E-state index in [1.165, 1.54) is 12.8 Å². The molecule has 5 nitrogen and oxygen atoms in total. The lowest BCUT2D eigenvalue weighted by atomic mass is 9.84. The highest BCUT2D eigenvalue weighted by molar-refractivity contribution is 6.61. The minimum atomic E-state index is -0.423. The SMILES string of the molecule is CC1(C)OB(c2cc(NC3CC3)ncn2)OC1(C)C. The molecule has 1 aromatic rings. The highest BCUT2D eigenvalue weighted by Crippen LogP contribution is 2.36. The van der Waals surface area contributed by atoms with Gasteiger partial charge >= 0.3 is 7.12 Å². The molecule has 0 radical (unpaired) electrons. The van der Waals surface area contributed by atoms with Crippen LogP contribution in [0.5, 0.6) is 0 Å². The summed E-state index contributed by atoms with van der Waals surface area (Å²) < 4.78 is 12.0. The smallest absolute Gasteiger partial charge is 0.398 e. The summed E-state index contributed by atoms with van der Waals surface area (Å²) in [4.78, 5) is 8.51. The van der Waals surface area contributed by atoms with Crippen molar-refractivity contribution in [1.29, 1.82) is 0 Å². The third-order valence-corrected chi connectivity index (χ3v) is 4.11. The highest BCUT2D eigenvalue weighted by atomic mass is 16.7. The van der Waals surface area contributed by atoms with Gasteiger partial charge in [0.1, 0.15) is 12.1 Å². The van der Waals surface area contributed by atoms with Gasteiger partial charge in [-0.05, 0) is 46.6 Å². The molecule has 1 aliphatic carbocycles. The molecule has 1 aromatic heterocycles. The van der Waals surface area contributed by atoms with Gasteiger partial charge in [0.05, 0.1) is 16.8 Å². The molecule has 0 atom stereocenters. The van der Waals surface area contributed by atoms with Gasteiger partial charge in [0, 0.05) is 6.04 Å². The van der Waals surface area contributed by atoms with E-state index in [0.29, 0.717) is 6.04 Å². The van der Waals surface area contributed by atoms with E-state index in [-0.39, 0.29) is 11.2 Å². The molecule has 2 aliphatic rings. The van der Waals surface area contributed by atoms with Gasteiger partial charge in [0.15, 0.2) is 0 Å². The number of hydrogen-bond donors (Lipinski definition) is 1. The summed E-state index contributed by atoms with van der Waals surface area (Å²) in [6.45, 7) is 8.16. The van der Waals surface area contributed by atoms with Crippen LogP contribution in [0.2, 0.25) is 0 Å². The zero-order valence-corrected chi connectivity index (χ0v) is 11.9. The van der Waals surface area contributed by atoms with Gasteiger partial charge in [-0.2, -0.15) is 0 Å². The highest BCUT2D eigenvalue weighted by Gasteiger charge is 2.52. The Kier molecular flexibility index (Phi) is 2.83. The molecule has 0 amide bonds.